The third-order valence-corrected chi connectivity index (χ3v) is 4.25. The van der Waals surface area contributed by atoms with Crippen molar-refractivity contribution in [2.45, 2.75) is 0 Å². The van der Waals surface area contributed by atoms with Gasteiger partial charge in [0.2, 0.25) is 0 Å². The summed E-state index contributed by atoms with van der Waals surface area (Å²) in [6.07, 6.45) is 1.67. The van der Waals surface area contributed by atoms with E-state index < -0.39 is 6.03 Å². The van der Waals surface area contributed by atoms with E-state index in [-0.39, 0.29) is 5.91 Å². The zero-order chi connectivity index (χ0) is 18.8. The quantitative estimate of drug-likeness (QED) is 0.481. The van der Waals surface area contributed by atoms with E-state index in [4.69, 9.17) is 5.73 Å². The Morgan fingerprint density at radius 2 is 1.56 bits per heavy atom. The van der Waals surface area contributed by atoms with Crippen LogP contribution in [-0.4, -0.2) is 16.9 Å². The molecule has 0 spiro atoms. The van der Waals surface area contributed by atoms with Crippen LogP contribution >= 0.6 is 0 Å². The molecule has 3 amide bonds. The first-order valence-corrected chi connectivity index (χ1v) is 8.36. The molecule has 4 N–H and O–H groups in total. The molecule has 0 saturated heterocycles. The minimum Gasteiger partial charge on any atom is -0.351 e. The van der Waals surface area contributed by atoms with Crippen LogP contribution in [0.25, 0.3) is 21.7 Å². The first kappa shape index (κ1) is 16.5. The lowest BCUT2D eigenvalue weighted by atomic mass is 10.0. The van der Waals surface area contributed by atoms with Gasteiger partial charge in [0.1, 0.15) is 0 Å². The second kappa shape index (κ2) is 6.76. The molecule has 1 aromatic heterocycles. The molecule has 27 heavy (non-hydrogen) atoms. The number of amides is 3. The van der Waals surface area contributed by atoms with Gasteiger partial charge in [-0.3, -0.25) is 9.78 Å². The van der Waals surface area contributed by atoms with Crippen molar-refractivity contribution in [1.29, 1.82) is 0 Å². The molecule has 6 heteroatoms. The number of urea groups is 1. The Morgan fingerprint density at radius 1 is 0.815 bits per heavy atom. The number of aromatic nitrogens is 1. The standard InChI is InChI=1S/C21H16N4O2/c22-21(27)25-15-7-3-6-14(12-15)24-20(26)18-11-13-5-1-2-8-16(13)17-9-4-10-23-19(17)18/h1-12H,(H,24,26)(H3,22,25,27). The normalized spacial score (nSPS) is 10.7. The molecule has 0 saturated carbocycles. The van der Waals surface area contributed by atoms with Gasteiger partial charge in [-0.1, -0.05) is 36.4 Å². The summed E-state index contributed by atoms with van der Waals surface area (Å²) in [4.78, 5) is 28.4. The van der Waals surface area contributed by atoms with Crippen molar-refractivity contribution < 1.29 is 9.59 Å². The molecule has 0 bridgehead atoms. The van der Waals surface area contributed by atoms with E-state index in [1.165, 1.54) is 0 Å². The number of primary amides is 1. The number of pyridine rings is 1. The molecule has 4 rings (SSSR count). The molecule has 0 radical (unpaired) electrons. The van der Waals surface area contributed by atoms with Gasteiger partial charge in [-0.15, -0.1) is 0 Å². The van der Waals surface area contributed by atoms with Crippen molar-refractivity contribution in [2.75, 3.05) is 10.6 Å². The summed E-state index contributed by atoms with van der Waals surface area (Å²) in [5.74, 6) is -0.277. The topological polar surface area (TPSA) is 97.1 Å². The summed E-state index contributed by atoms with van der Waals surface area (Å²) in [5.41, 5.74) is 7.31. The third kappa shape index (κ3) is 3.28. The summed E-state index contributed by atoms with van der Waals surface area (Å²) in [6, 6.07) is 19.7. The van der Waals surface area contributed by atoms with Gasteiger partial charge in [0.05, 0.1) is 11.1 Å². The molecule has 0 aliphatic carbocycles. The highest BCUT2D eigenvalue weighted by Gasteiger charge is 2.14. The van der Waals surface area contributed by atoms with Crippen molar-refractivity contribution in [3.63, 3.8) is 0 Å². The van der Waals surface area contributed by atoms with Crippen LogP contribution in [0.3, 0.4) is 0 Å². The predicted molar refractivity (Wildman–Crippen MR) is 107 cm³/mol. The monoisotopic (exact) mass is 356 g/mol. The zero-order valence-corrected chi connectivity index (χ0v) is 14.3. The zero-order valence-electron chi connectivity index (χ0n) is 14.3. The van der Waals surface area contributed by atoms with E-state index in [2.05, 4.69) is 15.6 Å². The number of fused-ring (bicyclic) bond motifs is 3. The lowest BCUT2D eigenvalue weighted by molar-refractivity contribution is 0.102. The van der Waals surface area contributed by atoms with Crippen molar-refractivity contribution in [3.05, 3.63) is 78.5 Å². The van der Waals surface area contributed by atoms with Gasteiger partial charge in [-0.05, 0) is 41.1 Å². The van der Waals surface area contributed by atoms with Crippen molar-refractivity contribution in [1.82, 2.24) is 4.98 Å². The van der Waals surface area contributed by atoms with Crippen LogP contribution < -0.4 is 16.4 Å². The number of nitrogens with one attached hydrogen (secondary N) is 2. The Kier molecular flexibility index (Phi) is 4.14. The van der Waals surface area contributed by atoms with E-state index in [0.29, 0.717) is 22.5 Å². The molecule has 0 fully saturated rings. The highest BCUT2D eigenvalue weighted by atomic mass is 16.2. The van der Waals surface area contributed by atoms with Crippen LogP contribution in [0.1, 0.15) is 10.4 Å². The largest absolute Gasteiger partial charge is 0.351 e. The maximum absolute atomic E-state index is 12.9. The molecule has 6 nitrogen and oxygen atoms in total. The SMILES string of the molecule is NC(=O)Nc1cccc(NC(=O)c2cc3ccccc3c3cccnc23)c1. The summed E-state index contributed by atoms with van der Waals surface area (Å²) >= 11 is 0. The van der Waals surface area contributed by atoms with E-state index in [1.807, 2.05) is 42.5 Å². The number of hydrogen-bond donors (Lipinski definition) is 3. The number of carbonyl (C=O) groups excluding carboxylic acids is 2. The van der Waals surface area contributed by atoms with Crippen molar-refractivity contribution >= 4 is 45.0 Å². The maximum atomic E-state index is 12.9. The maximum Gasteiger partial charge on any atom is 0.316 e. The molecule has 3 aromatic carbocycles. The fourth-order valence-electron chi connectivity index (χ4n) is 3.12. The summed E-state index contributed by atoms with van der Waals surface area (Å²) in [7, 11) is 0. The van der Waals surface area contributed by atoms with Gasteiger partial charge in [-0.25, -0.2) is 4.79 Å². The Morgan fingerprint density at radius 3 is 2.37 bits per heavy atom. The summed E-state index contributed by atoms with van der Waals surface area (Å²) in [5, 5.41) is 8.28. The lowest BCUT2D eigenvalue weighted by Crippen LogP contribution is -2.19. The molecule has 132 valence electrons. The average Bonchev–Trinajstić information content (AvgIpc) is 2.67. The highest BCUT2D eigenvalue weighted by Crippen LogP contribution is 2.28. The minimum absolute atomic E-state index is 0.277. The summed E-state index contributed by atoms with van der Waals surface area (Å²) < 4.78 is 0. The van der Waals surface area contributed by atoms with Crippen molar-refractivity contribution in [2.24, 2.45) is 5.73 Å². The first-order valence-electron chi connectivity index (χ1n) is 8.36. The lowest BCUT2D eigenvalue weighted by Gasteiger charge is -2.11. The van der Waals surface area contributed by atoms with E-state index >= 15 is 0 Å². The highest BCUT2D eigenvalue weighted by molar-refractivity contribution is 6.18. The Hall–Kier alpha value is -3.93. The average molecular weight is 356 g/mol. The fourth-order valence-corrected chi connectivity index (χ4v) is 3.12. The van der Waals surface area contributed by atoms with Gasteiger partial charge in [0.25, 0.3) is 5.91 Å². The van der Waals surface area contributed by atoms with Crippen LogP contribution in [0, 0.1) is 0 Å². The molecule has 4 aromatic rings. The molecule has 0 aliphatic rings. The number of benzene rings is 3. The first-order chi connectivity index (χ1) is 13.1. The predicted octanol–water partition coefficient (Wildman–Crippen LogP) is 4.13. The van der Waals surface area contributed by atoms with Gasteiger partial charge in [0, 0.05) is 23.0 Å². The van der Waals surface area contributed by atoms with Gasteiger partial charge in [0.15, 0.2) is 0 Å². The smallest absolute Gasteiger partial charge is 0.316 e. The minimum atomic E-state index is -0.664. The fraction of sp³-hybridized carbons (Fsp3) is 0. The number of anilines is 2. The van der Waals surface area contributed by atoms with Crippen LogP contribution in [0.15, 0.2) is 72.9 Å². The number of nitrogens with zero attached hydrogens (tertiary/aromatic N) is 1. The van der Waals surface area contributed by atoms with Gasteiger partial charge in [-0.2, -0.15) is 0 Å². The number of nitrogens with two attached hydrogens (primary N) is 1. The number of carbonyl (C=O) groups is 2. The van der Waals surface area contributed by atoms with Crippen LogP contribution in [0.5, 0.6) is 0 Å². The molecule has 0 aliphatic heterocycles. The molecule has 1 heterocycles. The van der Waals surface area contributed by atoms with Crippen LogP contribution in [-0.2, 0) is 0 Å². The Bertz CT molecular complexity index is 1190. The van der Waals surface area contributed by atoms with E-state index in [0.717, 1.165) is 16.2 Å². The molecular formula is C21H16N4O2. The number of hydrogen-bond acceptors (Lipinski definition) is 3. The van der Waals surface area contributed by atoms with E-state index in [1.54, 1.807) is 30.5 Å². The third-order valence-electron chi connectivity index (χ3n) is 4.25. The number of rotatable bonds is 3. The molecule has 0 unspecified atom stereocenters. The second-order valence-corrected chi connectivity index (χ2v) is 6.07. The summed E-state index contributed by atoms with van der Waals surface area (Å²) in [6.45, 7) is 0. The van der Waals surface area contributed by atoms with Crippen LogP contribution in [0.2, 0.25) is 0 Å². The molecule has 0 atom stereocenters. The molecular weight excluding hydrogens is 340 g/mol. The van der Waals surface area contributed by atoms with E-state index in [9.17, 15) is 9.59 Å². The second-order valence-electron chi connectivity index (χ2n) is 6.07. The van der Waals surface area contributed by atoms with Crippen LogP contribution in [0.4, 0.5) is 16.2 Å². The van der Waals surface area contributed by atoms with Gasteiger partial charge >= 0.3 is 6.03 Å². The van der Waals surface area contributed by atoms with Gasteiger partial charge < -0.3 is 16.4 Å². The van der Waals surface area contributed by atoms with Crippen molar-refractivity contribution in [3.8, 4) is 0 Å². The Labute approximate surface area is 155 Å². The Balaban J connectivity index is 1.75.